The van der Waals surface area contributed by atoms with Crippen molar-refractivity contribution in [3.63, 3.8) is 0 Å². The largest absolute Gasteiger partial charge is 0.497 e. The van der Waals surface area contributed by atoms with E-state index in [2.05, 4.69) is 30.4 Å². The molecule has 0 aliphatic heterocycles. The van der Waals surface area contributed by atoms with E-state index in [0.717, 1.165) is 49.8 Å². The van der Waals surface area contributed by atoms with E-state index < -0.39 is 0 Å². The molecule has 0 saturated heterocycles. The molecule has 4 nitrogen and oxygen atoms in total. The second-order valence-electron chi connectivity index (χ2n) is 5.64. The average molecular weight is 329 g/mol. The van der Waals surface area contributed by atoms with Crippen molar-refractivity contribution in [1.29, 1.82) is 0 Å². The lowest BCUT2D eigenvalue weighted by atomic mass is 10.2. The standard InChI is InChI=1S/C20H27NO3/c1-4-5-12-24-19-11-8-17(13-20(19)23-3)15-21-14-16-6-9-18(22-2)10-7-16/h6-11,13,21H,4-5,12,14-15H2,1-3H3. The van der Waals surface area contributed by atoms with Gasteiger partial charge in [-0.1, -0.05) is 31.5 Å². The van der Waals surface area contributed by atoms with Crippen molar-refractivity contribution in [2.45, 2.75) is 32.9 Å². The van der Waals surface area contributed by atoms with Crippen LogP contribution in [0.3, 0.4) is 0 Å². The van der Waals surface area contributed by atoms with Crippen LogP contribution in [-0.2, 0) is 13.1 Å². The highest BCUT2D eigenvalue weighted by atomic mass is 16.5. The first-order chi connectivity index (χ1) is 11.8. The summed E-state index contributed by atoms with van der Waals surface area (Å²) >= 11 is 0. The van der Waals surface area contributed by atoms with Crippen LogP contribution in [-0.4, -0.2) is 20.8 Å². The maximum Gasteiger partial charge on any atom is 0.161 e. The van der Waals surface area contributed by atoms with Crippen LogP contribution in [0.1, 0.15) is 30.9 Å². The van der Waals surface area contributed by atoms with E-state index in [0.29, 0.717) is 0 Å². The SMILES string of the molecule is CCCCOc1ccc(CNCc2ccc(OC)cc2)cc1OC. The molecule has 24 heavy (non-hydrogen) atoms. The van der Waals surface area contributed by atoms with Gasteiger partial charge in [-0.25, -0.2) is 0 Å². The van der Waals surface area contributed by atoms with Gasteiger partial charge in [0.15, 0.2) is 11.5 Å². The van der Waals surface area contributed by atoms with Crippen LogP contribution in [0.2, 0.25) is 0 Å². The number of methoxy groups -OCH3 is 2. The van der Waals surface area contributed by atoms with Gasteiger partial charge in [-0.3, -0.25) is 0 Å². The molecular formula is C20H27NO3. The molecule has 0 saturated carbocycles. The third-order valence-electron chi connectivity index (χ3n) is 3.80. The van der Waals surface area contributed by atoms with Gasteiger partial charge in [0, 0.05) is 13.1 Å². The lowest BCUT2D eigenvalue weighted by molar-refractivity contribution is 0.288. The zero-order chi connectivity index (χ0) is 17.2. The number of ether oxygens (including phenoxy) is 3. The van der Waals surface area contributed by atoms with Crippen molar-refractivity contribution in [3.8, 4) is 17.2 Å². The van der Waals surface area contributed by atoms with Crippen LogP contribution < -0.4 is 19.5 Å². The zero-order valence-corrected chi connectivity index (χ0v) is 14.8. The van der Waals surface area contributed by atoms with Crippen LogP contribution >= 0.6 is 0 Å². The number of unbranched alkanes of at least 4 members (excludes halogenated alkanes) is 1. The Morgan fingerprint density at radius 3 is 2.21 bits per heavy atom. The maximum absolute atomic E-state index is 5.76. The van der Waals surface area contributed by atoms with Gasteiger partial charge in [-0.2, -0.15) is 0 Å². The first-order valence-corrected chi connectivity index (χ1v) is 8.40. The third kappa shape index (κ3) is 5.46. The molecule has 0 spiro atoms. The second-order valence-corrected chi connectivity index (χ2v) is 5.64. The molecule has 2 aromatic carbocycles. The van der Waals surface area contributed by atoms with Gasteiger partial charge in [0.2, 0.25) is 0 Å². The first-order valence-electron chi connectivity index (χ1n) is 8.40. The summed E-state index contributed by atoms with van der Waals surface area (Å²) in [6.45, 7) is 4.46. The minimum Gasteiger partial charge on any atom is -0.497 e. The molecule has 0 fully saturated rings. The van der Waals surface area contributed by atoms with Crippen LogP contribution in [0, 0.1) is 0 Å². The summed E-state index contributed by atoms with van der Waals surface area (Å²) in [4.78, 5) is 0. The Morgan fingerprint density at radius 1 is 0.833 bits per heavy atom. The minimum atomic E-state index is 0.724. The highest BCUT2D eigenvalue weighted by molar-refractivity contribution is 5.43. The number of hydrogen-bond donors (Lipinski definition) is 1. The minimum absolute atomic E-state index is 0.724. The van der Waals surface area contributed by atoms with E-state index in [9.17, 15) is 0 Å². The summed E-state index contributed by atoms with van der Waals surface area (Å²) < 4.78 is 16.4. The van der Waals surface area contributed by atoms with Crippen molar-refractivity contribution in [3.05, 3.63) is 53.6 Å². The van der Waals surface area contributed by atoms with Gasteiger partial charge in [-0.15, -0.1) is 0 Å². The van der Waals surface area contributed by atoms with Crippen molar-refractivity contribution in [1.82, 2.24) is 5.32 Å². The molecule has 4 heteroatoms. The van der Waals surface area contributed by atoms with E-state index in [-0.39, 0.29) is 0 Å². The Bertz CT molecular complexity index is 611. The zero-order valence-electron chi connectivity index (χ0n) is 14.8. The summed E-state index contributed by atoms with van der Waals surface area (Å²) in [6, 6.07) is 14.2. The third-order valence-corrected chi connectivity index (χ3v) is 3.80. The molecule has 0 aromatic heterocycles. The molecule has 0 bridgehead atoms. The molecule has 1 N–H and O–H groups in total. The van der Waals surface area contributed by atoms with Gasteiger partial charge in [-0.05, 0) is 41.8 Å². The smallest absolute Gasteiger partial charge is 0.161 e. The molecule has 0 aliphatic carbocycles. The fourth-order valence-electron chi connectivity index (χ4n) is 2.36. The van der Waals surface area contributed by atoms with Gasteiger partial charge in [0.05, 0.1) is 20.8 Å². The Labute approximate surface area is 144 Å². The fraction of sp³-hybridized carbons (Fsp3) is 0.400. The van der Waals surface area contributed by atoms with Gasteiger partial charge >= 0.3 is 0 Å². The number of benzene rings is 2. The summed E-state index contributed by atoms with van der Waals surface area (Å²) in [7, 11) is 3.35. The van der Waals surface area contributed by atoms with E-state index >= 15 is 0 Å². The van der Waals surface area contributed by atoms with Crippen LogP contribution in [0.25, 0.3) is 0 Å². The maximum atomic E-state index is 5.76. The van der Waals surface area contributed by atoms with Crippen molar-refractivity contribution < 1.29 is 14.2 Å². The predicted molar refractivity (Wildman–Crippen MR) is 96.9 cm³/mol. The van der Waals surface area contributed by atoms with E-state index in [1.165, 1.54) is 11.1 Å². The lowest BCUT2D eigenvalue weighted by Gasteiger charge is -2.12. The molecule has 0 amide bonds. The first kappa shape index (κ1) is 18.1. The monoisotopic (exact) mass is 329 g/mol. The second kappa shape index (κ2) is 9.83. The highest BCUT2D eigenvalue weighted by Gasteiger charge is 2.06. The summed E-state index contributed by atoms with van der Waals surface area (Å²) in [5.74, 6) is 2.47. The van der Waals surface area contributed by atoms with E-state index in [1.807, 2.05) is 24.3 Å². The van der Waals surface area contributed by atoms with Crippen LogP contribution in [0.15, 0.2) is 42.5 Å². The summed E-state index contributed by atoms with van der Waals surface area (Å²) in [5, 5.41) is 3.44. The molecule has 0 unspecified atom stereocenters. The van der Waals surface area contributed by atoms with E-state index in [4.69, 9.17) is 14.2 Å². The Kier molecular flexibility index (Phi) is 7.43. The number of nitrogens with one attached hydrogen (secondary N) is 1. The molecular weight excluding hydrogens is 302 g/mol. The lowest BCUT2D eigenvalue weighted by Crippen LogP contribution is -2.12. The highest BCUT2D eigenvalue weighted by Crippen LogP contribution is 2.28. The molecule has 0 heterocycles. The molecule has 0 aliphatic rings. The van der Waals surface area contributed by atoms with Gasteiger partial charge in [0.25, 0.3) is 0 Å². The Balaban J connectivity index is 1.87. The number of hydrogen-bond acceptors (Lipinski definition) is 4. The molecule has 0 radical (unpaired) electrons. The van der Waals surface area contributed by atoms with Crippen molar-refractivity contribution in [2.75, 3.05) is 20.8 Å². The molecule has 0 atom stereocenters. The average Bonchev–Trinajstić information content (AvgIpc) is 2.63. The summed E-state index contributed by atoms with van der Waals surface area (Å²) in [6.07, 6.45) is 2.17. The van der Waals surface area contributed by atoms with Crippen LogP contribution in [0.5, 0.6) is 17.2 Å². The van der Waals surface area contributed by atoms with Gasteiger partial charge < -0.3 is 19.5 Å². The fourth-order valence-corrected chi connectivity index (χ4v) is 2.36. The normalized spacial score (nSPS) is 10.5. The Hall–Kier alpha value is -2.20. The Morgan fingerprint density at radius 2 is 1.54 bits per heavy atom. The molecule has 130 valence electrons. The van der Waals surface area contributed by atoms with Crippen molar-refractivity contribution in [2.24, 2.45) is 0 Å². The van der Waals surface area contributed by atoms with E-state index in [1.54, 1.807) is 14.2 Å². The van der Waals surface area contributed by atoms with Gasteiger partial charge in [0.1, 0.15) is 5.75 Å². The summed E-state index contributed by atoms with van der Waals surface area (Å²) in [5.41, 5.74) is 2.39. The quantitative estimate of drug-likeness (QED) is 0.664. The topological polar surface area (TPSA) is 39.7 Å². The van der Waals surface area contributed by atoms with Crippen molar-refractivity contribution >= 4 is 0 Å². The predicted octanol–water partition coefficient (Wildman–Crippen LogP) is 4.17. The number of rotatable bonds is 10. The van der Waals surface area contributed by atoms with Crippen LogP contribution in [0.4, 0.5) is 0 Å². The molecule has 2 rings (SSSR count). The molecule has 2 aromatic rings.